The molecule has 0 aromatic heterocycles. The van der Waals surface area contributed by atoms with Gasteiger partial charge in [0.05, 0.1) is 36.8 Å². The average Bonchev–Trinajstić information content (AvgIpc) is 2.81. The maximum atomic E-state index is 12.8. The van der Waals surface area contributed by atoms with Crippen LogP contribution in [-0.2, 0) is 19.5 Å². The van der Waals surface area contributed by atoms with Gasteiger partial charge in [-0.2, -0.15) is 4.31 Å². The van der Waals surface area contributed by atoms with Gasteiger partial charge < -0.3 is 14.8 Å². The summed E-state index contributed by atoms with van der Waals surface area (Å²) >= 11 is 0. The molecule has 0 aliphatic carbocycles. The van der Waals surface area contributed by atoms with Gasteiger partial charge in [0.2, 0.25) is 10.0 Å². The van der Waals surface area contributed by atoms with Crippen LogP contribution in [0.5, 0.6) is 0 Å². The molecule has 9 heteroatoms. The minimum atomic E-state index is -3.68. The lowest BCUT2D eigenvalue weighted by atomic mass is 10.1. The van der Waals surface area contributed by atoms with E-state index in [9.17, 15) is 18.0 Å². The maximum absolute atomic E-state index is 12.8. The van der Waals surface area contributed by atoms with Crippen LogP contribution in [0.1, 0.15) is 34.6 Å². The zero-order valence-electron chi connectivity index (χ0n) is 18.2. The zero-order valence-corrected chi connectivity index (χ0v) is 19.1. The highest BCUT2D eigenvalue weighted by Gasteiger charge is 2.26. The maximum Gasteiger partial charge on any atom is 0.338 e. The number of ether oxygens (including phenoxy) is 2. The third-order valence-corrected chi connectivity index (χ3v) is 6.76. The third-order valence-electron chi connectivity index (χ3n) is 4.86. The molecule has 2 aromatic carbocycles. The van der Waals surface area contributed by atoms with Gasteiger partial charge in [0.15, 0.2) is 5.78 Å². The second-order valence-corrected chi connectivity index (χ2v) is 9.83. The first-order valence-corrected chi connectivity index (χ1v) is 11.9. The van der Waals surface area contributed by atoms with Crippen LogP contribution in [0.3, 0.4) is 0 Å². The lowest BCUT2D eigenvalue weighted by Crippen LogP contribution is -2.40. The Kier molecular flexibility index (Phi) is 8.00. The van der Waals surface area contributed by atoms with Crippen LogP contribution in [0.15, 0.2) is 53.4 Å². The quantitative estimate of drug-likeness (QED) is 0.453. The molecule has 0 spiro atoms. The number of anilines is 1. The Labute approximate surface area is 188 Å². The Morgan fingerprint density at radius 2 is 1.75 bits per heavy atom. The molecule has 0 unspecified atom stereocenters. The Balaban J connectivity index is 1.65. The standard InChI is InChI=1S/C23H28N2O6S/c1-17(2)16-31-23(27)19-6-3-7-20(13-19)24-15-22(26)18-5-4-8-21(14-18)32(28,29)25-9-11-30-12-10-25/h3-8,13-14,17,24H,9-12,15-16H2,1-2H3. The number of nitrogens with one attached hydrogen (secondary N) is 1. The van der Waals surface area contributed by atoms with Crippen molar-refractivity contribution < 1.29 is 27.5 Å². The summed E-state index contributed by atoms with van der Waals surface area (Å²) in [6.45, 7) is 5.48. The summed E-state index contributed by atoms with van der Waals surface area (Å²) in [5.41, 5.74) is 1.27. The molecule has 0 amide bonds. The van der Waals surface area contributed by atoms with Crippen LogP contribution in [0.2, 0.25) is 0 Å². The van der Waals surface area contributed by atoms with Crippen molar-refractivity contribution in [3.05, 3.63) is 59.7 Å². The molecule has 1 fully saturated rings. The van der Waals surface area contributed by atoms with Crippen LogP contribution >= 0.6 is 0 Å². The van der Waals surface area contributed by atoms with Gasteiger partial charge in [0.1, 0.15) is 0 Å². The van der Waals surface area contributed by atoms with Crippen molar-refractivity contribution in [2.75, 3.05) is 44.8 Å². The first kappa shape index (κ1) is 23.9. The van der Waals surface area contributed by atoms with E-state index in [1.54, 1.807) is 36.4 Å². The average molecular weight is 461 g/mol. The number of benzene rings is 2. The van der Waals surface area contributed by atoms with Crippen LogP contribution in [-0.4, -0.2) is 63.9 Å². The summed E-state index contributed by atoms with van der Waals surface area (Å²) in [6, 6.07) is 12.7. The highest BCUT2D eigenvalue weighted by Crippen LogP contribution is 2.19. The molecular formula is C23H28N2O6S. The van der Waals surface area contributed by atoms with Gasteiger partial charge in [-0.15, -0.1) is 0 Å². The number of hydrogen-bond acceptors (Lipinski definition) is 7. The van der Waals surface area contributed by atoms with Gasteiger partial charge in [0.25, 0.3) is 0 Å². The van der Waals surface area contributed by atoms with Crippen molar-refractivity contribution in [2.24, 2.45) is 5.92 Å². The van der Waals surface area contributed by atoms with E-state index in [1.165, 1.54) is 16.4 Å². The van der Waals surface area contributed by atoms with Crippen LogP contribution in [0.25, 0.3) is 0 Å². The smallest absolute Gasteiger partial charge is 0.338 e. The Morgan fingerprint density at radius 3 is 2.47 bits per heavy atom. The molecule has 2 aromatic rings. The van der Waals surface area contributed by atoms with E-state index in [2.05, 4.69) is 5.32 Å². The summed E-state index contributed by atoms with van der Waals surface area (Å²) < 4.78 is 37.5. The number of sulfonamides is 1. The first-order valence-electron chi connectivity index (χ1n) is 10.5. The second kappa shape index (κ2) is 10.7. The SMILES string of the molecule is CC(C)COC(=O)c1cccc(NCC(=O)c2cccc(S(=O)(=O)N3CCOCC3)c2)c1. The largest absolute Gasteiger partial charge is 0.462 e. The normalized spacial score (nSPS) is 14.8. The van der Waals surface area contributed by atoms with Crippen LogP contribution < -0.4 is 5.32 Å². The molecule has 1 heterocycles. The van der Waals surface area contributed by atoms with E-state index in [0.29, 0.717) is 36.6 Å². The fourth-order valence-corrected chi connectivity index (χ4v) is 4.59. The molecule has 0 radical (unpaired) electrons. The Hall–Kier alpha value is -2.75. The van der Waals surface area contributed by atoms with E-state index in [4.69, 9.17) is 9.47 Å². The number of morpholine rings is 1. The predicted octanol–water partition coefficient (Wildman–Crippen LogP) is 2.82. The van der Waals surface area contributed by atoms with E-state index in [-0.39, 0.29) is 36.2 Å². The zero-order chi connectivity index (χ0) is 23.1. The van der Waals surface area contributed by atoms with E-state index in [1.807, 2.05) is 13.8 Å². The summed E-state index contributed by atoms with van der Waals surface area (Å²) in [5.74, 6) is -0.452. The highest BCUT2D eigenvalue weighted by atomic mass is 32.2. The lowest BCUT2D eigenvalue weighted by molar-refractivity contribution is 0.0459. The molecule has 0 atom stereocenters. The second-order valence-electron chi connectivity index (χ2n) is 7.89. The van der Waals surface area contributed by atoms with Crippen LogP contribution in [0.4, 0.5) is 5.69 Å². The van der Waals surface area contributed by atoms with E-state index < -0.39 is 16.0 Å². The van der Waals surface area contributed by atoms with Gasteiger partial charge in [-0.3, -0.25) is 4.79 Å². The minimum absolute atomic E-state index is 0.0500. The summed E-state index contributed by atoms with van der Waals surface area (Å²) in [4.78, 5) is 24.9. The van der Waals surface area contributed by atoms with Crippen molar-refractivity contribution in [2.45, 2.75) is 18.7 Å². The van der Waals surface area contributed by atoms with Crippen molar-refractivity contribution in [1.29, 1.82) is 0 Å². The Morgan fingerprint density at radius 1 is 1.06 bits per heavy atom. The molecule has 172 valence electrons. The third kappa shape index (κ3) is 6.15. The predicted molar refractivity (Wildman–Crippen MR) is 120 cm³/mol. The highest BCUT2D eigenvalue weighted by molar-refractivity contribution is 7.89. The van der Waals surface area contributed by atoms with Gasteiger partial charge in [-0.1, -0.05) is 32.0 Å². The molecule has 1 N–H and O–H groups in total. The number of rotatable bonds is 9. The number of nitrogens with zero attached hydrogens (tertiary/aromatic N) is 1. The number of ketones is 1. The molecule has 0 bridgehead atoms. The number of hydrogen-bond donors (Lipinski definition) is 1. The number of esters is 1. The van der Waals surface area contributed by atoms with Gasteiger partial charge in [-0.05, 0) is 36.2 Å². The molecular weight excluding hydrogens is 432 g/mol. The van der Waals surface area contributed by atoms with Crippen molar-refractivity contribution in [3.8, 4) is 0 Å². The molecule has 1 aliphatic rings. The molecule has 1 saturated heterocycles. The van der Waals surface area contributed by atoms with Crippen molar-refractivity contribution >= 4 is 27.5 Å². The topological polar surface area (TPSA) is 102 Å². The molecule has 8 nitrogen and oxygen atoms in total. The summed E-state index contributed by atoms with van der Waals surface area (Å²) in [5, 5.41) is 2.99. The van der Waals surface area contributed by atoms with Gasteiger partial charge in [-0.25, -0.2) is 13.2 Å². The van der Waals surface area contributed by atoms with Crippen LogP contribution in [0, 0.1) is 5.92 Å². The van der Waals surface area contributed by atoms with Crippen molar-refractivity contribution in [1.82, 2.24) is 4.31 Å². The number of Topliss-reactive ketones (excluding diaryl/α,β-unsaturated/α-hetero) is 1. The molecule has 0 saturated carbocycles. The monoisotopic (exact) mass is 460 g/mol. The minimum Gasteiger partial charge on any atom is -0.462 e. The fraction of sp³-hybridized carbons (Fsp3) is 0.391. The molecule has 3 rings (SSSR count). The summed E-state index contributed by atoms with van der Waals surface area (Å²) in [7, 11) is -3.68. The molecule has 32 heavy (non-hydrogen) atoms. The Bertz CT molecular complexity index is 1060. The van der Waals surface area contributed by atoms with Gasteiger partial charge in [0, 0.05) is 24.3 Å². The van der Waals surface area contributed by atoms with E-state index >= 15 is 0 Å². The lowest BCUT2D eigenvalue weighted by Gasteiger charge is -2.26. The van der Waals surface area contributed by atoms with E-state index in [0.717, 1.165) is 0 Å². The first-order chi connectivity index (χ1) is 15.3. The van der Waals surface area contributed by atoms with Gasteiger partial charge >= 0.3 is 5.97 Å². The number of carbonyl (C=O) groups excluding carboxylic acids is 2. The number of carbonyl (C=O) groups is 2. The molecule has 1 aliphatic heterocycles. The fourth-order valence-electron chi connectivity index (χ4n) is 3.13. The summed E-state index contributed by atoms with van der Waals surface area (Å²) in [6.07, 6.45) is 0. The van der Waals surface area contributed by atoms with Crippen molar-refractivity contribution in [3.63, 3.8) is 0 Å².